The van der Waals surface area contributed by atoms with Crippen LogP contribution in [0.25, 0.3) is 27.6 Å². The molecular weight excluding hydrogens is 388 g/mol. The van der Waals surface area contributed by atoms with Crippen molar-refractivity contribution in [1.82, 2.24) is 9.55 Å². The molecule has 0 radical (unpaired) electrons. The zero-order valence-corrected chi connectivity index (χ0v) is 18.1. The van der Waals surface area contributed by atoms with Crippen LogP contribution in [0.1, 0.15) is 16.8 Å². The van der Waals surface area contributed by atoms with Crippen LogP contribution in [0.15, 0.2) is 60.9 Å². The summed E-state index contributed by atoms with van der Waals surface area (Å²) in [6, 6.07) is 14.9. The molecule has 0 saturated carbocycles. The third kappa shape index (κ3) is 3.13. The quantitative estimate of drug-likeness (QED) is 0.449. The van der Waals surface area contributed by atoms with Crippen LogP contribution in [0.3, 0.4) is 0 Å². The average Bonchev–Trinajstić information content (AvgIpc) is 3.40. The van der Waals surface area contributed by atoms with Gasteiger partial charge in [-0.25, -0.2) is 0 Å². The van der Waals surface area contributed by atoms with Gasteiger partial charge in [0.25, 0.3) is 0 Å². The predicted octanol–water partition coefficient (Wildman–Crippen LogP) is 5.25. The molecule has 2 aromatic heterocycles. The third-order valence-corrected chi connectivity index (χ3v) is 5.95. The highest BCUT2D eigenvalue weighted by Crippen LogP contribution is 2.42. The van der Waals surface area contributed by atoms with E-state index in [1.807, 2.05) is 18.3 Å². The monoisotopic (exact) mass is 412 g/mol. The number of aryl methyl sites for hydroxylation is 1. The van der Waals surface area contributed by atoms with Crippen molar-refractivity contribution in [2.24, 2.45) is 7.05 Å². The van der Waals surface area contributed by atoms with Crippen molar-refractivity contribution in [3.05, 3.63) is 77.8 Å². The highest BCUT2D eigenvalue weighted by Gasteiger charge is 2.20. The van der Waals surface area contributed by atoms with Crippen LogP contribution in [0.4, 0.5) is 0 Å². The second-order valence-corrected chi connectivity index (χ2v) is 7.65. The Morgan fingerprint density at radius 2 is 1.61 bits per heavy atom. The highest BCUT2D eigenvalue weighted by atomic mass is 16.5. The SMILES string of the molecule is COc1cc(-c2cnc3c(c2)C(c2ccc4c(ccn4C)c2)=CC3)cc(OC)c1OC. The van der Waals surface area contributed by atoms with Gasteiger partial charge in [-0.15, -0.1) is 0 Å². The van der Waals surface area contributed by atoms with Gasteiger partial charge in [0, 0.05) is 47.9 Å². The summed E-state index contributed by atoms with van der Waals surface area (Å²) in [7, 11) is 6.93. The van der Waals surface area contributed by atoms with Crippen molar-refractivity contribution in [3.63, 3.8) is 0 Å². The van der Waals surface area contributed by atoms with Gasteiger partial charge in [-0.2, -0.15) is 0 Å². The zero-order chi connectivity index (χ0) is 21.5. The minimum atomic E-state index is 0.583. The number of hydrogen-bond donors (Lipinski definition) is 0. The van der Waals surface area contributed by atoms with E-state index in [1.54, 1.807) is 21.3 Å². The Hall–Kier alpha value is -3.73. The van der Waals surface area contributed by atoms with E-state index >= 15 is 0 Å². The number of pyridine rings is 1. The first-order valence-electron chi connectivity index (χ1n) is 10.2. The second-order valence-electron chi connectivity index (χ2n) is 7.65. The van der Waals surface area contributed by atoms with E-state index in [-0.39, 0.29) is 0 Å². The van der Waals surface area contributed by atoms with Crippen molar-refractivity contribution in [1.29, 1.82) is 0 Å². The Morgan fingerprint density at radius 3 is 2.32 bits per heavy atom. The van der Waals surface area contributed by atoms with Gasteiger partial charge in [0.05, 0.1) is 27.0 Å². The maximum Gasteiger partial charge on any atom is 0.203 e. The van der Waals surface area contributed by atoms with E-state index in [0.29, 0.717) is 17.2 Å². The number of aromatic nitrogens is 2. The summed E-state index contributed by atoms with van der Waals surface area (Å²) >= 11 is 0. The van der Waals surface area contributed by atoms with Crippen molar-refractivity contribution < 1.29 is 14.2 Å². The van der Waals surface area contributed by atoms with Gasteiger partial charge in [-0.05, 0) is 53.1 Å². The molecule has 0 aliphatic heterocycles. The first kappa shape index (κ1) is 19.2. The largest absolute Gasteiger partial charge is 0.493 e. The molecule has 2 heterocycles. The number of ether oxygens (including phenoxy) is 3. The fourth-order valence-corrected chi connectivity index (χ4v) is 4.33. The Morgan fingerprint density at radius 1 is 0.839 bits per heavy atom. The number of fused-ring (bicyclic) bond motifs is 2. The fourth-order valence-electron chi connectivity index (χ4n) is 4.33. The van der Waals surface area contributed by atoms with Gasteiger partial charge < -0.3 is 18.8 Å². The lowest BCUT2D eigenvalue weighted by Crippen LogP contribution is -1.97. The van der Waals surface area contributed by atoms with Crippen LogP contribution in [-0.2, 0) is 13.5 Å². The minimum Gasteiger partial charge on any atom is -0.493 e. The molecule has 0 N–H and O–H groups in total. The summed E-state index contributed by atoms with van der Waals surface area (Å²) in [5.41, 5.74) is 7.90. The summed E-state index contributed by atoms with van der Waals surface area (Å²) in [6.07, 6.45) is 7.11. The standard InChI is InChI=1S/C26H24N2O3/c1-28-10-9-17-11-16(5-8-23(17)28)20-6-7-22-21(20)12-19(15-27-22)18-13-24(29-2)26(31-4)25(14-18)30-3/h5-6,8-15H,7H2,1-4H3. The van der Waals surface area contributed by atoms with E-state index in [0.717, 1.165) is 23.2 Å². The molecule has 5 rings (SSSR count). The molecule has 0 amide bonds. The van der Waals surface area contributed by atoms with Crippen LogP contribution in [0.5, 0.6) is 17.2 Å². The molecule has 5 heteroatoms. The first-order valence-corrected chi connectivity index (χ1v) is 10.2. The molecule has 156 valence electrons. The molecule has 0 unspecified atom stereocenters. The Kier molecular flexibility index (Phi) is 4.66. The zero-order valence-electron chi connectivity index (χ0n) is 18.1. The highest BCUT2D eigenvalue weighted by molar-refractivity contribution is 5.91. The van der Waals surface area contributed by atoms with Gasteiger partial charge in [-0.1, -0.05) is 12.1 Å². The summed E-state index contributed by atoms with van der Waals surface area (Å²) in [5, 5.41) is 1.24. The van der Waals surface area contributed by atoms with Crippen LogP contribution in [0, 0.1) is 0 Å². The van der Waals surface area contributed by atoms with Gasteiger partial charge in [0.1, 0.15) is 0 Å². The molecule has 1 aliphatic rings. The van der Waals surface area contributed by atoms with Crippen LogP contribution >= 0.6 is 0 Å². The van der Waals surface area contributed by atoms with Gasteiger partial charge >= 0.3 is 0 Å². The first-order chi connectivity index (χ1) is 15.1. The molecule has 2 aromatic carbocycles. The molecule has 0 bridgehead atoms. The predicted molar refractivity (Wildman–Crippen MR) is 123 cm³/mol. The van der Waals surface area contributed by atoms with Crippen molar-refractivity contribution in [2.45, 2.75) is 6.42 Å². The Labute approximate surface area is 181 Å². The molecule has 1 aliphatic carbocycles. The minimum absolute atomic E-state index is 0.583. The number of nitrogens with zero attached hydrogens (tertiary/aromatic N) is 2. The molecule has 0 atom stereocenters. The number of allylic oxidation sites excluding steroid dienone is 1. The van der Waals surface area contributed by atoms with Gasteiger partial charge in [-0.3, -0.25) is 4.98 Å². The second kappa shape index (κ2) is 7.51. The van der Waals surface area contributed by atoms with Crippen molar-refractivity contribution in [2.75, 3.05) is 21.3 Å². The van der Waals surface area contributed by atoms with E-state index in [2.05, 4.69) is 54.2 Å². The molecule has 0 spiro atoms. The summed E-state index contributed by atoms with van der Waals surface area (Å²) < 4.78 is 18.7. The fraction of sp³-hybridized carbons (Fsp3) is 0.192. The number of hydrogen-bond acceptors (Lipinski definition) is 4. The number of methoxy groups -OCH3 is 3. The molecule has 31 heavy (non-hydrogen) atoms. The topological polar surface area (TPSA) is 45.5 Å². The lowest BCUT2D eigenvalue weighted by atomic mass is 9.97. The number of benzene rings is 2. The average molecular weight is 412 g/mol. The Bertz CT molecular complexity index is 1310. The molecule has 5 nitrogen and oxygen atoms in total. The normalized spacial score (nSPS) is 12.6. The maximum atomic E-state index is 5.53. The summed E-state index contributed by atoms with van der Waals surface area (Å²) in [5.74, 6) is 1.84. The molecule has 4 aromatic rings. The van der Waals surface area contributed by atoms with Gasteiger partial charge in [0.15, 0.2) is 11.5 Å². The van der Waals surface area contributed by atoms with Crippen molar-refractivity contribution >= 4 is 16.5 Å². The van der Waals surface area contributed by atoms with E-state index in [9.17, 15) is 0 Å². The van der Waals surface area contributed by atoms with E-state index in [4.69, 9.17) is 19.2 Å². The van der Waals surface area contributed by atoms with Crippen molar-refractivity contribution in [3.8, 4) is 28.4 Å². The molecule has 0 fully saturated rings. The maximum absolute atomic E-state index is 5.53. The summed E-state index contributed by atoms with van der Waals surface area (Å²) in [6.45, 7) is 0. The van der Waals surface area contributed by atoms with E-state index in [1.165, 1.54) is 27.6 Å². The molecular formula is C26H24N2O3. The Balaban J connectivity index is 1.59. The smallest absolute Gasteiger partial charge is 0.203 e. The number of rotatable bonds is 5. The van der Waals surface area contributed by atoms with Crippen LogP contribution < -0.4 is 14.2 Å². The third-order valence-electron chi connectivity index (χ3n) is 5.95. The molecule has 0 saturated heterocycles. The van der Waals surface area contributed by atoms with E-state index < -0.39 is 0 Å². The lowest BCUT2D eigenvalue weighted by molar-refractivity contribution is 0.324. The lowest BCUT2D eigenvalue weighted by Gasteiger charge is -2.15. The van der Waals surface area contributed by atoms with Crippen LogP contribution in [-0.4, -0.2) is 30.9 Å². The van der Waals surface area contributed by atoms with Crippen LogP contribution in [0.2, 0.25) is 0 Å². The van der Waals surface area contributed by atoms with Gasteiger partial charge in [0.2, 0.25) is 5.75 Å². The summed E-state index contributed by atoms with van der Waals surface area (Å²) in [4.78, 5) is 4.76.